The molecule has 0 amide bonds. The lowest BCUT2D eigenvalue weighted by Crippen LogP contribution is -2.38. The second-order valence-corrected chi connectivity index (χ2v) is 6.24. The number of benzene rings is 2. The lowest BCUT2D eigenvalue weighted by Gasteiger charge is -2.19. The molecule has 0 spiro atoms. The average Bonchev–Trinajstić information content (AvgIpc) is 3.14. The zero-order valence-corrected chi connectivity index (χ0v) is 18.5. The molecule has 2 aromatic carbocycles. The molecule has 1 aromatic heterocycles. The average molecular weight is 491 g/mol. The van der Waals surface area contributed by atoms with Crippen molar-refractivity contribution in [3.05, 3.63) is 83.5 Å². The standard InChI is InChI=1S/C21H25N5O.HI/c1-16-25-20(26-27-16)15-24-21(22-2)23-14-13-19(17-9-5-3-6-10-17)18-11-7-4-8-12-18;/h3-12,19H,13-15H2,1-2H3,(H2,22,23,24);1H. The first-order valence-corrected chi connectivity index (χ1v) is 9.10. The molecule has 0 aliphatic heterocycles. The number of nitrogens with zero attached hydrogens (tertiary/aromatic N) is 3. The third kappa shape index (κ3) is 6.33. The van der Waals surface area contributed by atoms with Crippen LogP contribution in [0.1, 0.15) is 35.2 Å². The maximum absolute atomic E-state index is 4.98. The lowest BCUT2D eigenvalue weighted by molar-refractivity contribution is 0.387. The number of halogens is 1. The molecule has 3 aromatic rings. The maximum atomic E-state index is 4.98. The van der Waals surface area contributed by atoms with Crippen LogP contribution in [0.15, 0.2) is 70.2 Å². The summed E-state index contributed by atoms with van der Waals surface area (Å²) in [6.07, 6.45) is 0.954. The van der Waals surface area contributed by atoms with E-state index >= 15 is 0 Å². The van der Waals surface area contributed by atoms with E-state index in [-0.39, 0.29) is 24.0 Å². The van der Waals surface area contributed by atoms with Gasteiger partial charge in [-0.25, -0.2) is 0 Å². The van der Waals surface area contributed by atoms with E-state index in [0.29, 0.717) is 24.2 Å². The highest BCUT2D eigenvalue weighted by Crippen LogP contribution is 2.27. The van der Waals surface area contributed by atoms with E-state index in [9.17, 15) is 0 Å². The van der Waals surface area contributed by atoms with Gasteiger partial charge in [-0.3, -0.25) is 4.99 Å². The number of nitrogens with one attached hydrogen (secondary N) is 2. The number of aliphatic imine (C=N–C) groups is 1. The van der Waals surface area contributed by atoms with Gasteiger partial charge < -0.3 is 15.2 Å². The minimum atomic E-state index is 0. The van der Waals surface area contributed by atoms with Crippen molar-refractivity contribution in [1.29, 1.82) is 0 Å². The highest BCUT2D eigenvalue weighted by molar-refractivity contribution is 14.0. The molecule has 148 valence electrons. The van der Waals surface area contributed by atoms with Crippen LogP contribution in [0.2, 0.25) is 0 Å². The Kier molecular flexibility index (Phi) is 8.93. The molecule has 3 rings (SSSR count). The Bertz CT molecular complexity index is 812. The molecule has 0 unspecified atom stereocenters. The second kappa shape index (κ2) is 11.4. The maximum Gasteiger partial charge on any atom is 0.223 e. The highest BCUT2D eigenvalue weighted by Gasteiger charge is 2.14. The van der Waals surface area contributed by atoms with Gasteiger partial charge in [0.25, 0.3) is 0 Å². The third-order valence-corrected chi connectivity index (χ3v) is 4.34. The van der Waals surface area contributed by atoms with Crippen LogP contribution in [0, 0.1) is 6.92 Å². The Hall–Kier alpha value is -2.42. The van der Waals surface area contributed by atoms with Gasteiger partial charge in [0.2, 0.25) is 5.89 Å². The Labute approximate surface area is 182 Å². The molecule has 0 aliphatic rings. The van der Waals surface area contributed by atoms with Crippen LogP contribution >= 0.6 is 24.0 Å². The Morgan fingerprint density at radius 3 is 2.11 bits per heavy atom. The van der Waals surface area contributed by atoms with Gasteiger partial charge in [0, 0.05) is 26.4 Å². The Morgan fingerprint density at radius 1 is 1.00 bits per heavy atom. The van der Waals surface area contributed by atoms with Crippen LogP contribution in [-0.2, 0) is 6.54 Å². The van der Waals surface area contributed by atoms with Crippen molar-refractivity contribution in [1.82, 2.24) is 20.8 Å². The lowest BCUT2D eigenvalue weighted by atomic mass is 9.88. The minimum Gasteiger partial charge on any atom is -0.356 e. The molecule has 0 saturated carbocycles. The largest absolute Gasteiger partial charge is 0.356 e. The van der Waals surface area contributed by atoms with Crippen molar-refractivity contribution in [2.24, 2.45) is 4.99 Å². The summed E-state index contributed by atoms with van der Waals surface area (Å²) in [7, 11) is 1.75. The van der Waals surface area contributed by atoms with Crippen LogP contribution in [0.5, 0.6) is 0 Å². The van der Waals surface area contributed by atoms with Gasteiger partial charge in [0.15, 0.2) is 11.8 Å². The number of aryl methyl sites for hydroxylation is 1. The molecule has 0 radical (unpaired) electrons. The fourth-order valence-electron chi connectivity index (χ4n) is 3.03. The number of rotatable bonds is 7. The molecular weight excluding hydrogens is 465 g/mol. The van der Waals surface area contributed by atoms with E-state index in [1.165, 1.54) is 11.1 Å². The van der Waals surface area contributed by atoms with E-state index in [4.69, 9.17) is 4.52 Å². The van der Waals surface area contributed by atoms with E-state index in [0.717, 1.165) is 18.9 Å². The topological polar surface area (TPSA) is 75.3 Å². The first-order valence-electron chi connectivity index (χ1n) is 9.10. The van der Waals surface area contributed by atoms with Crippen LogP contribution in [0.25, 0.3) is 0 Å². The van der Waals surface area contributed by atoms with Crippen LogP contribution in [0.4, 0.5) is 0 Å². The summed E-state index contributed by atoms with van der Waals surface area (Å²) in [6.45, 7) is 3.04. The van der Waals surface area contributed by atoms with Crippen LogP contribution in [0.3, 0.4) is 0 Å². The molecule has 28 heavy (non-hydrogen) atoms. The van der Waals surface area contributed by atoms with Gasteiger partial charge >= 0.3 is 0 Å². The summed E-state index contributed by atoms with van der Waals surface area (Å²) >= 11 is 0. The normalized spacial score (nSPS) is 11.2. The van der Waals surface area contributed by atoms with Crippen molar-refractivity contribution < 1.29 is 4.52 Å². The van der Waals surface area contributed by atoms with E-state index in [2.05, 4.69) is 86.4 Å². The third-order valence-electron chi connectivity index (χ3n) is 4.34. The summed E-state index contributed by atoms with van der Waals surface area (Å²) in [5, 5.41) is 10.5. The van der Waals surface area contributed by atoms with E-state index in [1.807, 2.05) is 0 Å². The van der Waals surface area contributed by atoms with Gasteiger partial charge in [-0.1, -0.05) is 65.8 Å². The van der Waals surface area contributed by atoms with E-state index in [1.54, 1.807) is 14.0 Å². The van der Waals surface area contributed by atoms with Crippen LogP contribution in [-0.4, -0.2) is 29.7 Å². The first kappa shape index (κ1) is 21.9. The zero-order chi connectivity index (χ0) is 18.9. The predicted octanol–water partition coefficient (Wildman–Crippen LogP) is 3.88. The smallest absolute Gasteiger partial charge is 0.223 e. The van der Waals surface area contributed by atoms with Crippen molar-refractivity contribution in [3.8, 4) is 0 Å². The summed E-state index contributed by atoms with van der Waals surface area (Å²) < 4.78 is 4.98. The molecule has 6 nitrogen and oxygen atoms in total. The Morgan fingerprint density at radius 2 is 1.61 bits per heavy atom. The van der Waals surface area contributed by atoms with Crippen molar-refractivity contribution >= 4 is 29.9 Å². The molecule has 0 fully saturated rings. The molecule has 2 N–H and O–H groups in total. The number of hydrogen-bond donors (Lipinski definition) is 2. The molecule has 7 heteroatoms. The van der Waals surface area contributed by atoms with Crippen LogP contribution < -0.4 is 10.6 Å². The van der Waals surface area contributed by atoms with Gasteiger partial charge in [-0.05, 0) is 17.5 Å². The minimum absolute atomic E-state index is 0. The summed E-state index contributed by atoms with van der Waals surface area (Å²) in [5.74, 6) is 2.22. The SMILES string of the molecule is CN=C(NCCC(c1ccccc1)c1ccccc1)NCc1noc(C)n1.I. The van der Waals surface area contributed by atoms with Gasteiger partial charge in [-0.15, -0.1) is 24.0 Å². The molecule has 0 atom stereocenters. The van der Waals surface area contributed by atoms with Gasteiger partial charge in [-0.2, -0.15) is 4.98 Å². The number of guanidine groups is 1. The summed E-state index contributed by atoms with van der Waals surface area (Å²) in [5.41, 5.74) is 2.63. The van der Waals surface area contributed by atoms with Gasteiger partial charge in [0.05, 0.1) is 6.54 Å². The summed E-state index contributed by atoms with van der Waals surface area (Å²) in [6, 6.07) is 21.2. The fraction of sp³-hybridized carbons (Fsp3) is 0.286. The quantitative estimate of drug-likeness (QED) is 0.298. The molecule has 0 bridgehead atoms. The monoisotopic (exact) mass is 491 g/mol. The number of aromatic nitrogens is 2. The predicted molar refractivity (Wildman–Crippen MR) is 122 cm³/mol. The van der Waals surface area contributed by atoms with Crippen molar-refractivity contribution in [2.45, 2.75) is 25.8 Å². The molecule has 0 saturated heterocycles. The van der Waals surface area contributed by atoms with E-state index < -0.39 is 0 Å². The highest BCUT2D eigenvalue weighted by atomic mass is 127. The second-order valence-electron chi connectivity index (χ2n) is 6.24. The van der Waals surface area contributed by atoms with Crippen molar-refractivity contribution in [2.75, 3.05) is 13.6 Å². The van der Waals surface area contributed by atoms with Gasteiger partial charge in [0.1, 0.15) is 0 Å². The number of hydrogen-bond acceptors (Lipinski definition) is 4. The molecule has 1 heterocycles. The van der Waals surface area contributed by atoms with Crippen molar-refractivity contribution in [3.63, 3.8) is 0 Å². The molecular formula is C21H26IN5O. The Balaban J connectivity index is 0.00000280. The fourth-order valence-corrected chi connectivity index (χ4v) is 3.03. The summed E-state index contributed by atoms with van der Waals surface area (Å²) in [4.78, 5) is 8.44. The zero-order valence-electron chi connectivity index (χ0n) is 16.1. The molecule has 0 aliphatic carbocycles. The first-order chi connectivity index (χ1) is 13.3.